The zero-order valence-electron chi connectivity index (χ0n) is 15.4. The fourth-order valence-electron chi connectivity index (χ4n) is 4.25. The maximum Gasteiger partial charge on any atom is 0.0479 e. The molecule has 0 nitrogen and oxygen atoms in total. The smallest absolute Gasteiger partial charge is 0.0479 e. The molecule has 0 bridgehead atoms. The molecule has 2 aliphatic carbocycles. The van der Waals surface area contributed by atoms with E-state index in [4.69, 9.17) is 0 Å². The summed E-state index contributed by atoms with van der Waals surface area (Å²) in [5.74, 6) is 2.25. The van der Waals surface area contributed by atoms with Crippen LogP contribution in [0.2, 0.25) is 25.2 Å². The Morgan fingerprint density at radius 1 is 0.600 bits per heavy atom. The van der Waals surface area contributed by atoms with Crippen molar-refractivity contribution in [3.8, 4) is 0 Å². The molecule has 2 fully saturated rings. The summed E-state index contributed by atoms with van der Waals surface area (Å²) in [7, 11) is -0.856. The third-order valence-corrected chi connectivity index (χ3v) is 8.25. The summed E-state index contributed by atoms with van der Waals surface area (Å²) in [5, 5.41) is 0. The van der Waals surface area contributed by atoms with Crippen LogP contribution in [0, 0.1) is 11.8 Å². The largest absolute Gasteiger partial charge is 0.0693 e. The van der Waals surface area contributed by atoms with Gasteiger partial charge in [0.15, 0.2) is 0 Å². The van der Waals surface area contributed by atoms with E-state index in [1.807, 2.05) is 27.7 Å². The molecule has 0 unspecified atom stereocenters. The average Bonchev–Trinajstić information content (AvgIpc) is 2.96. The van der Waals surface area contributed by atoms with Crippen LogP contribution in [-0.4, -0.2) is 8.07 Å². The average molecular weight is 299 g/mol. The third kappa shape index (κ3) is 8.49. The van der Waals surface area contributed by atoms with Crippen LogP contribution in [0.1, 0.15) is 85.5 Å². The van der Waals surface area contributed by atoms with E-state index in [1.165, 1.54) is 32.1 Å². The first kappa shape index (κ1) is 20.2. The summed E-state index contributed by atoms with van der Waals surface area (Å²) >= 11 is 0. The van der Waals surface area contributed by atoms with E-state index in [1.54, 1.807) is 37.8 Å². The van der Waals surface area contributed by atoms with Gasteiger partial charge >= 0.3 is 0 Å². The lowest BCUT2D eigenvalue weighted by molar-refractivity contribution is 0.380. The molecule has 2 rings (SSSR count). The van der Waals surface area contributed by atoms with Gasteiger partial charge in [-0.25, -0.2) is 0 Å². The van der Waals surface area contributed by atoms with E-state index in [2.05, 4.69) is 13.1 Å². The summed E-state index contributed by atoms with van der Waals surface area (Å²) in [6.07, 6.45) is 13.8. The SMILES string of the molecule is CC.CC.C[Si](C)(CC1CCCCC1)CC1CCCC1. The Balaban J connectivity index is 0.000000829. The van der Waals surface area contributed by atoms with E-state index in [0.29, 0.717) is 0 Å². The van der Waals surface area contributed by atoms with Crippen molar-refractivity contribution in [2.24, 2.45) is 11.8 Å². The molecule has 0 aromatic heterocycles. The first-order valence-corrected chi connectivity index (χ1v) is 13.1. The van der Waals surface area contributed by atoms with Gasteiger partial charge in [-0.05, 0) is 11.8 Å². The summed E-state index contributed by atoms with van der Waals surface area (Å²) in [4.78, 5) is 0. The molecule has 0 saturated heterocycles. The van der Waals surface area contributed by atoms with Crippen molar-refractivity contribution >= 4 is 8.07 Å². The Bertz CT molecular complexity index is 198. The van der Waals surface area contributed by atoms with Gasteiger partial charge in [0.2, 0.25) is 0 Å². The van der Waals surface area contributed by atoms with Crippen LogP contribution in [0.15, 0.2) is 0 Å². The predicted molar refractivity (Wildman–Crippen MR) is 98.3 cm³/mol. The first-order chi connectivity index (χ1) is 9.66. The van der Waals surface area contributed by atoms with Crippen molar-refractivity contribution in [1.82, 2.24) is 0 Å². The molecular formula is C19H42Si. The molecule has 2 saturated carbocycles. The van der Waals surface area contributed by atoms with Crippen LogP contribution in [0.4, 0.5) is 0 Å². The van der Waals surface area contributed by atoms with Crippen LogP contribution < -0.4 is 0 Å². The van der Waals surface area contributed by atoms with Crippen molar-refractivity contribution in [3.63, 3.8) is 0 Å². The zero-order chi connectivity index (χ0) is 15.4. The minimum absolute atomic E-state index is 0.856. The molecule has 122 valence electrons. The van der Waals surface area contributed by atoms with Crippen LogP contribution in [0.3, 0.4) is 0 Å². The highest BCUT2D eigenvalue weighted by Crippen LogP contribution is 2.37. The molecule has 0 aromatic rings. The van der Waals surface area contributed by atoms with Gasteiger partial charge in [0.05, 0.1) is 0 Å². The predicted octanol–water partition coefficient (Wildman–Crippen LogP) is 7.52. The van der Waals surface area contributed by atoms with Crippen molar-refractivity contribution in [2.45, 2.75) is 111 Å². The second-order valence-corrected chi connectivity index (χ2v) is 12.4. The quantitative estimate of drug-likeness (QED) is 0.471. The number of rotatable bonds is 4. The Morgan fingerprint density at radius 2 is 0.900 bits per heavy atom. The Hall–Kier alpha value is 0.217. The molecule has 0 radical (unpaired) electrons. The fourth-order valence-corrected chi connectivity index (χ4v) is 8.36. The van der Waals surface area contributed by atoms with E-state index in [-0.39, 0.29) is 0 Å². The van der Waals surface area contributed by atoms with Crippen LogP contribution in [0.25, 0.3) is 0 Å². The summed E-state index contributed by atoms with van der Waals surface area (Å²) in [6, 6.07) is 3.28. The Morgan fingerprint density at radius 3 is 1.25 bits per heavy atom. The highest BCUT2D eigenvalue weighted by Gasteiger charge is 2.30. The van der Waals surface area contributed by atoms with E-state index in [9.17, 15) is 0 Å². The molecule has 0 aromatic carbocycles. The first-order valence-electron chi connectivity index (χ1n) is 9.66. The molecule has 0 N–H and O–H groups in total. The highest BCUT2D eigenvalue weighted by molar-refractivity contribution is 6.77. The lowest BCUT2D eigenvalue weighted by Gasteiger charge is -2.32. The lowest BCUT2D eigenvalue weighted by Crippen LogP contribution is -2.31. The summed E-state index contributed by atoms with van der Waals surface area (Å²) in [5.41, 5.74) is 0. The topological polar surface area (TPSA) is 0 Å². The van der Waals surface area contributed by atoms with Gasteiger partial charge in [-0.1, -0.05) is 111 Å². The third-order valence-electron chi connectivity index (χ3n) is 4.88. The molecular weight excluding hydrogens is 256 g/mol. The van der Waals surface area contributed by atoms with E-state index in [0.717, 1.165) is 11.8 Å². The molecule has 0 aliphatic heterocycles. The second-order valence-electron chi connectivity index (χ2n) is 7.23. The molecule has 2 aliphatic rings. The van der Waals surface area contributed by atoms with Crippen molar-refractivity contribution in [1.29, 1.82) is 0 Å². The monoisotopic (exact) mass is 298 g/mol. The maximum atomic E-state index is 2.67. The minimum atomic E-state index is -0.856. The molecule has 0 heterocycles. The van der Waals surface area contributed by atoms with E-state index >= 15 is 0 Å². The summed E-state index contributed by atoms with van der Waals surface area (Å²) < 4.78 is 0. The van der Waals surface area contributed by atoms with Crippen molar-refractivity contribution < 1.29 is 0 Å². The summed E-state index contributed by atoms with van der Waals surface area (Å²) in [6.45, 7) is 13.3. The Labute approximate surface area is 131 Å². The van der Waals surface area contributed by atoms with Crippen LogP contribution >= 0.6 is 0 Å². The minimum Gasteiger partial charge on any atom is -0.0693 e. The highest BCUT2D eigenvalue weighted by atomic mass is 28.3. The van der Waals surface area contributed by atoms with Crippen LogP contribution in [-0.2, 0) is 0 Å². The van der Waals surface area contributed by atoms with Gasteiger partial charge in [0.25, 0.3) is 0 Å². The molecule has 0 spiro atoms. The molecule has 0 amide bonds. The fraction of sp³-hybridized carbons (Fsp3) is 1.00. The van der Waals surface area contributed by atoms with Gasteiger partial charge in [-0.3, -0.25) is 0 Å². The number of hydrogen-bond donors (Lipinski definition) is 0. The Kier molecular flexibility index (Phi) is 12.0. The zero-order valence-corrected chi connectivity index (χ0v) is 16.4. The number of hydrogen-bond acceptors (Lipinski definition) is 0. The van der Waals surface area contributed by atoms with Crippen molar-refractivity contribution in [3.05, 3.63) is 0 Å². The van der Waals surface area contributed by atoms with Gasteiger partial charge in [0, 0.05) is 8.07 Å². The normalized spacial score (nSPS) is 20.7. The molecule has 0 atom stereocenters. The standard InChI is InChI=1S/C15H30Si.2C2H6/c1-16(2,13-15-10-6-7-11-15)12-14-8-4-3-5-9-14;2*1-2/h14-15H,3-13H2,1-2H3;2*1-2H3. The van der Waals surface area contributed by atoms with E-state index < -0.39 is 8.07 Å². The van der Waals surface area contributed by atoms with Gasteiger partial charge in [-0.2, -0.15) is 0 Å². The molecule has 1 heteroatoms. The second kappa shape index (κ2) is 11.8. The van der Waals surface area contributed by atoms with Crippen LogP contribution in [0.5, 0.6) is 0 Å². The lowest BCUT2D eigenvalue weighted by atomic mass is 9.91. The van der Waals surface area contributed by atoms with Gasteiger partial charge in [-0.15, -0.1) is 0 Å². The van der Waals surface area contributed by atoms with Gasteiger partial charge in [0.1, 0.15) is 0 Å². The molecule has 20 heavy (non-hydrogen) atoms. The maximum absolute atomic E-state index is 2.67. The van der Waals surface area contributed by atoms with Gasteiger partial charge < -0.3 is 0 Å². The van der Waals surface area contributed by atoms with Crippen molar-refractivity contribution in [2.75, 3.05) is 0 Å².